The van der Waals surface area contributed by atoms with Crippen LogP contribution in [0.2, 0.25) is 0 Å². The topological polar surface area (TPSA) is 35.6 Å². The molecule has 25 heavy (non-hydrogen) atoms. The Morgan fingerprint density at radius 3 is 2.60 bits per heavy atom. The van der Waals surface area contributed by atoms with Crippen LogP contribution >= 0.6 is 0 Å². The summed E-state index contributed by atoms with van der Waals surface area (Å²) in [4.78, 5) is 16.9. The van der Waals surface area contributed by atoms with Crippen LogP contribution in [-0.4, -0.2) is 56.0 Å². The highest BCUT2D eigenvalue weighted by atomic mass is 19.1. The van der Waals surface area contributed by atoms with Crippen LogP contribution in [0.1, 0.15) is 32.3 Å². The van der Waals surface area contributed by atoms with E-state index in [1.807, 2.05) is 6.07 Å². The molecule has 1 amide bonds. The van der Waals surface area contributed by atoms with Gasteiger partial charge in [0.1, 0.15) is 5.82 Å². The molecule has 5 heteroatoms. The molecule has 0 saturated carbocycles. The minimum absolute atomic E-state index is 0.0667. The molecule has 1 N–H and O–H groups in total. The molecular formula is C20H32FN3O. The van der Waals surface area contributed by atoms with Gasteiger partial charge in [0.2, 0.25) is 5.91 Å². The standard InChI is InChI=1S/C20H32FN3O/c1-20(2,15-23(3)4)14-22-19(25)17-8-10-24(11-9-17)13-16-6-5-7-18(21)12-16/h5-7,12,17H,8-11,13-15H2,1-4H3,(H,22,25). The summed E-state index contributed by atoms with van der Waals surface area (Å²) in [5, 5.41) is 3.14. The van der Waals surface area contributed by atoms with Crippen molar-refractivity contribution in [3.8, 4) is 0 Å². The third kappa shape index (κ3) is 6.75. The number of nitrogens with one attached hydrogen (secondary N) is 1. The second-order valence-electron chi connectivity index (χ2n) is 8.30. The molecule has 0 radical (unpaired) electrons. The van der Waals surface area contributed by atoms with Crippen molar-refractivity contribution in [1.82, 2.24) is 15.1 Å². The van der Waals surface area contributed by atoms with Gasteiger partial charge in [0.25, 0.3) is 0 Å². The number of carbonyl (C=O) groups excluding carboxylic acids is 1. The molecule has 1 fully saturated rings. The Morgan fingerprint density at radius 1 is 1.32 bits per heavy atom. The van der Waals surface area contributed by atoms with E-state index >= 15 is 0 Å². The van der Waals surface area contributed by atoms with Crippen molar-refractivity contribution in [2.24, 2.45) is 11.3 Å². The van der Waals surface area contributed by atoms with Gasteiger partial charge in [-0.05, 0) is 63.1 Å². The molecular weight excluding hydrogens is 317 g/mol. The second kappa shape index (κ2) is 8.77. The molecule has 0 aliphatic carbocycles. The van der Waals surface area contributed by atoms with Gasteiger partial charge in [0.05, 0.1) is 0 Å². The predicted molar refractivity (Wildman–Crippen MR) is 99.7 cm³/mol. The average molecular weight is 349 g/mol. The molecule has 1 aromatic rings. The van der Waals surface area contributed by atoms with Crippen molar-refractivity contribution in [3.05, 3.63) is 35.6 Å². The molecule has 0 aromatic heterocycles. The summed E-state index contributed by atoms with van der Waals surface area (Å²) in [5.74, 6) is 0.0863. The number of halogens is 1. The molecule has 0 atom stereocenters. The zero-order valence-corrected chi connectivity index (χ0v) is 16.0. The minimum Gasteiger partial charge on any atom is -0.355 e. The van der Waals surface area contributed by atoms with Crippen molar-refractivity contribution in [2.75, 3.05) is 40.3 Å². The summed E-state index contributed by atoms with van der Waals surface area (Å²) in [6.45, 7) is 8.52. The van der Waals surface area contributed by atoms with E-state index in [9.17, 15) is 9.18 Å². The first-order valence-corrected chi connectivity index (χ1v) is 9.14. The van der Waals surface area contributed by atoms with Gasteiger partial charge < -0.3 is 10.2 Å². The monoisotopic (exact) mass is 349 g/mol. The summed E-state index contributed by atoms with van der Waals surface area (Å²) in [7, 11) is 4.11. The Hall–Kier alpha value is -1.46. The van der Waals surface area contributed by atoms with E-state index in [0.29, 0.717) is 6.54 Å². The van der Waals surface area contributed by atoms with Gasteiger partial charge in [0, 0.05) is 25.6 Å². The number of piperidine rings is 1. The molecule has 1 aromatic carbocycles. The third-order valence-electron chi connectivity index (χ3n) is 4.74. The fourth-order valence-electron chi connectivity index (χ4n) is 3.63. The maximum Gasteiger partial charge on any atom is 0.223 e. The number of likely N-dealkylation sites (tertiary alicyclic amines) is 1. The number of nitrogens with zero attached hydrogens (tertiary/aromatic N) is 2. The number of carbonyl (C=O) groups is 1. The number of rotatable bonds is 7. The highest BCUT2D eigenvalue weighted by molar-refractivity contribution is 5.78. The molecule has 1 heterocycles. The lowest BCUT2D eigenvalue weighted by Gasteiger charge is -2.33. The summed E-state index contributed by atoms with van der Waals surface area (Å²) in [6.07, 6.45) is 1.74. The number of hydrogen-bond donors (Lipinski definition) is 1. The lowest BCUT2D eigenvalue weighted by Crippen LogP contribution is -2.44. The van der Waals surface area contributed by atoms with Gasteiger partial charge in [-0.25, -0.2) is 4.39 Å². The van der Waals surface area contributed by atoms with Gasteiger partial charge in [-0.2, -0.15) is 0 Å². The van der Waals surface area contributed by atoms with E-state index in [1.54, 1.807) is 12.1 Å². The third-order valence-corrected chi connectivity index (χ3v) is 4.74. The van der Waals surface area contributed by atoms with Crippen LogP contribution in [0.5, 0.6) is 0 Å². The van der Waals surface area contributed by atoms with Crippen molar-refractivity contribution in [3.63, 3.8) is 0 Å². The lowest BCUT2D eigenvalue weighted by molar-refractivity contribution is -0.127. The predicted octanol–water partition coefficient (Wildman–Crippen LogP) is 2.74. The molecule has 140 valence electrons. The Kier molecular flexibility index (Phi) is 6.96. The quantitative estimate of drug-likeness (QED) is 0.822. The van der Waals surface area contributed by atoms with E-state index in [0.717, 1.165) is 44.6 Å². The van der Waals surface area contributed by atoms with Crippen molar-refractivity contribution in [2.45, 2.75) is 33.2 Å². The maximum atomic E-state index is 13.3. The molecule has 1 aliphatic heterocycles. The SMILES string of the molecule is CN(C)CC(C)(C)CNC(=O)C1CCN(Cc2cccc(F)c2)CC1. The van der Waals surface area contributed by atoms with Crippen LogP contribution in [0.3, 0.4) is 0 Å². The Balaban J connectivity index is 1.74. The molecule has 2 rings (SSSR count). The molecule has 4 nitrogen and oxygen atoms in total. The number of benzene rings is 1. The summed E-state index contributed by atoms with van der Waals surface area (Å²) in [6, 6.07) is 6.76. The Morgan fingerprint density at radius 2 is 2.00 bits per heavy atom. The van der Waals surface area contributed by atoms with E-state index in [1.165, 1.54) is 6.07 Å². The highest BCUT2D eigenvalue weighted by Gasteiger charge is 2.27. The van der Waals surface area contributed by atoms with Gasteiger partial charge in [0.15, 0.2) is 0 Å². The van der Waals surface area contributed by atoms with Crippen LogP contribution in [0, 0.1) is 17.2 Å². The van der Waals surface area contributed by atoms with E-state index < -0.39 is 0 Å². The molecule has 1 aliphatic rings. The molecule has 0 bridgehead atoms. The Bertz CT molecular complexity index is 566. The first kappa shape index (κ1) is 19.9. The maximum absolute atomic E-state index is 13.3. The normalized spacial score (nSPS) is 17.0. The average Bonchev–Trinajstić information content (AvgIpc) is 2.52. The van der Waals surface area contributed by atoms with Crippen molar-refractivity contribution >= 4 is 5.91 Å². The van der Waals surface area contributed by atoms with E-state index in [2.05, 4.69) is 43.1 Å². The van der Waals surface area contributed by atoms with Crippen LogP contribution < -0.4 is 5.32 Å². The Labute approximate surface area is 151 Å². The van der Waals surface area contributed by atoms with Gasteiger partial charge in [-0.1, -0.05) is 26.0 Å². The van der Waals surface area contributed by atoms with Gasteiger partial charge in [-0.3, -0.25) is 9.69 Å². The first-order chi connectivity index (χ1) is 11.7. The fourth-order valence-corrected chi connectivity index (χ4v) is 3.63. The lowest BCUT2D eigenvalue weighted by atomic mass is 9.91. The molecule has 0 unspecified atom stereocenters. The number of hydrogen-bond acceptors (Lipinski definition) is 3. The molecule has 1 saturated heterocycles. The minimum atomic E-state index is -0.188. The molecule has 0 spiro atoms. The van der Waals surface area contributed by atoms with E-state index in [4.69, 9.17) is 0 Å². The first-order valence-electron chi connectivity index (χ1n) is 9.14. The van der Waals surface area contributed by atoms with Crippen LogP contribution in [0.15, 0.2) is 24.3 Å². The zero-order chi connectivity index (χ0) is 18.4. The summed E-state index contributed by atoms with van der Waals surface area (Å²) < 4.78 is 13.3. The zero-order valence-electron chi connectivity index (χ0n) is 16.0. The summed E-state index contributed by atoms with van der Waals surface area (Å²) in [5.41, 5.74) is 1.06. The number of amides is 1. The van der Waals surface area contributed by atoms with Crippen LogP contribution in [-0.2, 0) is 11.3 Å². The van der Waals surface area contributed by atoms with Gasteiger partial charge in [-0.15, -0.1) is 0 Å². The summed E-state index contributed by atoms with van der Waals surface area (Å²) >= 11 is 0. The van der Waals surface area contributed by atoms with Crippen LogP contribution in [0.25, 0.3) is 0 Å². The fraction of sp³-hybridized carbons (Fsp3) is 0.650. The second-order valence-corrected chi connectivity index (χ2v) is 8.30. The van der Waals surface area contributed by atoms with Gasteiger partial charge >= 0.3 is 0 Å². The van der Waals surface area contributed by atoms with Crippen molar-refractivity contribution in [1.29, 1.82) is 0 Å². The largest absolute Gasteiger partial charge is 0.355 e. The van der Waals surface area contributed by atoms with Crippen molar-refractivity contribution < 1.29 is 9.18 Å². The highest BCUT2D eigenvalue weighted by Crippen LogP contribution is 2.20. The smallest absolute Gasteiger partial charge is 0.223 e. The van der Waals surface area contributed by atoms with Crippen LogP contribution in [0.4, 0.5) is 4.39 Å². The van der Waals surface area contributed by atoms with E-state index in [-0.39, 0.29) is 23.1 Å².